The minimum absolute atomic E-state index is 0.208. The Morgan fingerprint density at radius 3 is 2.33 bits per heavy atom. The molecular weight excluding hydrogens is 532 g/mol. The molecule has 4 atom stereocenters. The number of imide groups is 1. The van der Waals surface area contributed by atoms with Crippen molar-refractivity contribution in [1.82, 2.24) is 5.32 Å². The second-order valence-electron chi connectivity index (χ2n) is 11.7. The van der Waals surface area contributed by atoms with Gasteiger partial charge in [-0.25, -0.2) is 4.90 Å². The molecule has 3 aromatic carbocycles. The molecule has 2 saturated heterocycles. The van der Waals surface area contributed by atoms with Crippen LogP contribution in [0.15, 0.2) is 72.8 Å². The Kier molecular flexibility index (Phi) is 6.85. The number of fused-ring (bicyclic) bond motifs is 4. The van der Waals surface area contributed by atoms with E-state index in [1.807, 2.05) is 43.3 Å². The topological polar surface area (TPSA) is 108 Å². The van der Waals surface area contributed by atoms with Crippen molar-refractivity contribution in [3.63, 3.8) is 0 Å². The number of rotatable bonds is 7. The van der Waals surface area contributed by atoms with E-state index in [-0.39, 0.29) is 24.3 Å². The zero-order valence-corrected chi connectivity index (χ0v) is 24.1. The molecule has 0 saturated carbocycles. The summed E-state index contributed by atoms with van der Waals surface area (Å²) in [6.07, 6.45) is 0.599. The first kappa shape index (κ1) is 27.7. The quantitative estimate of drug-likeness (QED) is 0.419. The largest absolute Gasteiger partial charge is 0.497 e. The summed E-state index contributed by atoms with van der Waals surface area (Å²) in [7, 11) is 1.55. The first-order valence-electron chi connectivity index (χ1n) is 14.2. The van der Waals surface area contributed by atoms with Crippen LogP contribution in [0.2, 0.25) is 0 Å². The van der Waals surface area contributed by atoms with Crippen LogP contribution in [-0.4, -0.2) is 43.3 Å². The molecule has 4 amide bonds. The number of ether oxygens (including phenoxy) is 1. The van der Waals surface area contributed by atoms with E-state index >= 15 is 0 Å². The van der Waals surface area contributed by atoms with Crippen LogP contribution in [0.5, 0.6) is 5.75 Å². The van der Waals surface area contributed by atoms with Crippen molar-refractivity contribution in [1.29, 1.82) is 0 Å². The van der Waals surface area contributed by atoms with Gasteiger partial charge in [-0.2, -0.15) is 0 Å². The van der Waals surface area contributed by atoms with E-state index in [1.165, 1.54) is 9.80 Å². The van der Waals surface area contributed by atoms with Crippen molar-refractivity contribution in [2.24, 2.45) is 17.8 Å². The third-order valence-electron chi connectivity index (χ3n) is 8.56. The normalized spacial score (nSPS) is 24.5. The molecule has 0 radical (unpaired) electrons. The van der Waals surface area contributed by atoms with Gasteiger partial charge < -0.3 is 15.0 Å². The average Bonchev–Trinajstić information content (AvgIpc) is 3.53. The maximum Gasteiger partial charge on any atom is 0.253 e. The Bertz CT molecular complexity index is 1570. The summed E-state index contributed by atoms with van der Waals surface area (Å²) in [6, 6.07) is 21.0. The highest BCUT2D eigenvalue weighted by Gasteiger charge is 2.71. The van der Waals surface area contributed by atoms with E-state index < -0.39 is 35.2 Å². The fourth-order valence-electron chi connectivity index (χ4n) is 6.78. The van der Waals surface area contributed by atoms with Gasteiger partial charge in [-0.05, 0) is 61.7 Å². The van der Waals surface area contributed by atoms with Crippen LogP contribution in [0, 0.1) is 24.7 Å². The standard InChI is InChI=1S/C33H34N4O5/c1-19(2)17-25-28-29(31(40)37(30(28)39)22-13-15-23(42-4)16-14-22)33(35-25)24-7-5-6-8-26(24)36(32(33)41)18-27(38)34-21-11-9-20(3)10-12-21/h5-16,19,25,28-29,35H,17-18H2,1-4H3,(H,34,38)/t25-,28-,29+,33-/m1/s1. The van der Waals surface area contributed by atoms with Gasteiger partial charge in [0, 0.05) is 23.0 Å². The van der Waals surface area contributed by atoms with Crippen LogP contribution in [0.3, 0.4) is 0 Å². The van der Waals surface area contributed by atoms with Crippen molar-refractivity contribution in [3.05, 3.63) is 83.9 Å². The lowest BCUT2D eigenvalue weighted by Crippen LogP contribution is -2.56. The molecule has 0 bridgehead atoms. The van der Waals surface area contributed by atoms with E-state index in [0.29, 0.717) is 34.8 Å². The lowest BCUT2D eigenvalue weighted by Gasteiger charge is -2.31. The second-order valence-corrected chi connectivity index (χ2v) is 11.7. The number of carbonyl (C=O) groups is 4. The molecule has 2 N–H and O–H groups in total. The zero-order valence-electron chi connectivity index (χ0n) is 24.1. The Labute approximate surface area is 244 Å². The highest BCUT2D eigenvalue weighted by Crippen LogP contribution is 2.55. The average molecular weight is 567 g/mol. The molecule has 0 aromatic heterocycles. The molecule has 9 nitrogen and oxygen atoms in total. The Morgan fingerprint density at radius 1 is 0.976 bits per heavy atom. The van der Waals surface area contributed by atoms with Crippen LogP contribution in [0.1, 0.15) is 31.4 Å². The molecule has 3 aromatic rings. The maximum absolute atomic E-state index is 14.6. The Balaban J connectivity index is 1.39. The summed E-state index contributed by atoms with van der Waals surface area (Å²) in [5, 5.41) is 6.37. The van der Waals surface area contributed by atoms with Gasteiger partial charge in [0.25, 0.3) is 5.91 Å². The van der Waals surface area contributed by atoms with Gasteiger partial charge in [0.2, 0.25) is 17.7 Å². The minimum Gasteiger partial charge on any atom is -0.497 e. The second kappa shape index (κ2) is 10.4. The molecule has 3 heterocycles. The first-order chi connectivity index (χ1) is 20.1. The zero-order chi connectivity index (χ0) is 29.8. The lowest BCUT2D eigenvalue weighted by atomic mass is 9.76. The van der Waals surface area contributed by atoms with Crippen molar-refractivity contribution in [2.75, 3.05) is 28.8 Å². The van der Waals surface area contributed by atoms with Gasteiger partial charge in [-0.1, -0.05) is 49.7 Å². The smallest absolute Gasteiger partial charge is 0.253 e. The van der Waals surface area contributed by atoms with Gasteiger partial charge in [0.1, 0.15) is 17.8 Å². The maximum atomic E-state index is 14.6. The highest BCUT2D eigenvalue weighted by molar-refractivity contribution is 6.26. The van der Waals surface area contributed by atoms with Crippen LogP contribution in [0.25, 0.3) is 0 Å². The van der Waals surface area contributed by atoms with E-state index in [1.54, 1.807) is 43.5 Å². The molecule has 3 aliphatic heterocycles. The number of nitrogens with one attached hydrogen (secondary N) is 2. The van der Waals surface area contributed by atoms with Crippen molar-refractivity contribution >= 4 is 40.7 Å². The van der Waals surface area contributed by atoms with Gasteiger partial charge >= 0.3 is 0 Å². The van der Waals surface area contributed by atoms with Crippen molar-refractivity contribution < 1.29 is 23.9 Å². The van der Waals surface area contributed by atoms with Gasteiger partial charge in [0.15, 0.2) is 0 Å². The SMILES string of the molecule is COc1ccc(N2C(=O)[C@H]3[C@@H](C2=O)[C@@]2(N[C@@H]3CC(C)C)C(=O)N(CC(=O)Nc3ccc(C)cc3)c3ccccc32)cc1. The summed E-state index contributed by atoms with van der Waals surface area (Å²) in [5.41, 5.74) is 1.82. The molecule has 3 aliphatic rings. The van der Waals surface area contributed by atoms with E-state index in [4.69, 9.17) is 4.74 Å². The van der Waals surface area contributed by atoms with Crippen LogP contribution in [-0.2, 0) is 24.7 Å². The molecule has 9 heteroatoms. The highest BCUT2D eigenvalue weighted by atomic mass is 16.5. The molecule has 0 unspecified atom stereocenters. The molecule has 216 valence electrons. The predicted octanol–water partition coefficient (Wildman–Crippen LogP) is 4.01. The van der Waals surface area contributed by atoms with Gasteiger partial charge in [-0.3, -0.25) is 24.5 Å². The minimum atomic E-state index is -1.47. The summed E-state index contributed by atoms with van der Waals surface area (Å²) >= 11 is 0. The third kappa shape index (κ3) is 4.27. The summed E-state index contributed by atoms with van der Waals surface area (Å²) in [5.74, 6) is -2.40. The number of carbonyl (C=O) groups excluding carboxylic acids is 4. The fourth-order valence-corrected chi connectivity index (χ4v) is 6.78. The number of nitrogens with zero attached hydrogens (tertiary/aromatic N) is 2. The van der Waals surface area contributed by atoms with Crippen LogP contribution in [0.4, 0.5) is 17.1 Å². The summed E-state index contributed by atoms with van der Waals surface area (Å²) in [4.78, 5) is 58.7. The monoisotopic (exact) mass is 566 g/mol. The van der Waals surface area contributed by atoms with Crippen LogP contribution >= 0.6 is 0 Å². The molecule has 6 rings (SSSR count). The molecule has 42 heavy (non-hydrogen) atoms. The molecular formula is C33H34N4O5. The van der Waals surface area contributed by atoms with Crippen molar-refractivity contribution in [3.8, 4) is 5.75 Å². The fraction of sp³-hybridized carbons (Fsp3) is 0.333. The lowest BCUT2D eigenvalue weighted by molar-refractivity contribution is -0.132. The number of amides is 4. The van der Waals surface area contributed by atoms with Crippen LogP contribution < -0.4 is 25.2 Å². The third-order valence-corrected chi connectivity index (χ3v) is 8.56. The van der Waals surface area contributed by atoms with Gasteiger partial charge in [0.05, 0.1) is 24.6 Å². The summed E-state index contributed by atoms with van der Waals surface area (Å²) < 4.78 is 5.26. The summed E-state index contributed by atoms with van der Waals surface area (Å²) in [6.45, 7) is 5.83. The number of para-hydroxylation sites is 1. The number of hydrogen-bond donors (Lipinski definition) is 2. The predicted molar refractivity (Wildman–Crippen MR) is 159 cm³/mol. The number of methoxy groups -OCH3 is 1. The number of benzene rings is 3. The molecule has 0 aliphatic carbocycles. The molecule has 2 fully saturated rings. The molecule has 1 spiro atoms. The van der Waals surface area contributed by atoms with E-state index in [9.17, 15) is 19.2 Å². The Morgan fingerprint density at radius 2 is 1.67 bits per heavy atom. The van der Waals surface area contributed by atoms with E-state index in [2.05, 4.69) is 24.5 Å². The first-order valence-corrected chi connectivity index (χ1v) is 14.2. The van der Waals surface area contributed by atoms with E-state index in [0.717, 1.165) is 5.56 Å². The Hall–Kier alpha value is -4.50. The van der Waals surface area contributed by atoms with Crippen molar-refractivity contribution in [2.45, 2.75) is 38.8 Å². The number of anilines is 3. The number of aryl methyl sites for hydroxylation is 1. The number of hydrogen-bond acceptors (Lipinski definition) is 6. The van der Waals surface area contributed by atoms with Gasteiger partial charge in [-0.15, -0.1) is 0 Å².